The molecule has 0 heterocycles. The molecule has 2 aromatic rings. The van der Waals surface area contributed by atoms with Gasteiger partial charge < -0.3 is 29.8 Å². The number of aliphatic carboxylic acids is 1. The number of hydrogen-bond donors (Lipinski definition) is 2. The Morgan fingerprint density at radius 3 is 1.85 bits per heavy atom. The molecule has 3 N–H and O–H groups in total. The van der Waals surface area contributed by atoms with E-state index in [9.17, 15) is 24.3 Å². The smallest absolute Gasteiger partial charge is 0.480 e. The average molecular weight is 572 g/mol. The Hall–Kier alpha value is -3.92. The van der Waals surface area contributed by atoms with Gasteiger partial charge in [-0.1, -0.05) is 65.8 Å². The quantitative estimate of drug-likeness (QED) is 0.191. The van der Waals surface area contributed by atoms with Gasteiger partial charge >= 0.3 is 24.1 Å². The van der Waals surface area contributed by atoms with Crippen LogP contribution in [0, 0.1) is 10.8 Å². The minimum Gasteiger partial charge on any atom is -0.480 e. The molecule has 2 aromatic carbocycles. The maximum Gasteiger partial charge on any atom is 0.514 e. The number of benzene rings is 2. The second-order valence-electron chi connectivity index (χ2n) is 12.4. The lowest BCUT2D eigenvalue weighted by Gasteiger charge is -2.25. The molecule has 2 unspecified atom stereocenters. The molecule has 3 atom stereocenters. The van der Waals surface area contributed by atoms with Crippen molar-refractivity contribution >= 4 is 24.1 Å². The van der Waals surface area contributed by atoms with Gasteiger partial charge in [-0.25, -0.2) is 4.79 Å². The first kappa shape index (κ1) is 33.3. The number of ether oxygens (including phenoxy) is 4. The van der Waals surface area contributed by atoms with Crippen LogP contribution in [0.25, 0.3) is 0 Å². The summed E-state index contributed by atoms with van der Waals surface area (Å²) in [5.41, 5.74) is 5.74. The van der Waals surface area contributed by atoms with Crippen molar-refractivity contribution < 1.29 is 43.2 Å². The van der Waals surface area contributed by atoms with Gasteiger partial charge in [0, 0.05) is 5.92 Å². The average Bonchev–Trinajstić information content (AvgIpc) is 2.81. The first-order valence-corrected chi connectivity index (χ1v) is 13.4. The molecule has 0 spiro atoms. The standard InChI is InChI=1S/C31H41NO9/c1-19(38-29(37)39-21-11-9-8-10-12-21)15-22(27(32)28(35)36)20-13-14-23(40-25(33)17-30(2,3)4)24(16-20)41-26(34)18-31(5,6)7/h8-14,16,19,22,27H,15,17-18,32H2,1-7H3,(H,35,36)/t19?,22?,27-/m0/s1. The van der Waals surface area contributed by atoms with Crippen LogP contribution in [0.4, 0.5) is 4.79 Å². The third-order valence-electron chi connectivity index (χ3n) is 5.74. The summed E-state index contributed by atoms with van der Waals surface area (Å²) >= 11 is 0. The van der Waals surface area contributed by atoms with Crippen LogP contribution in [0.5, 0.6) is 17.2 Å². The molecule has 0 saturated heterocycles. The van der Waals surface area contributed by atoms with Crippen molar-refractivity contribution in [3.05, 3.63) is 54.1 Å². The van der Waals surface area contributed by atoms with E-state index in [2.05, 4.69) is 0 Å². The Kier molecular flexibility index (Phi) is 11.5. The minimum atomic E-state index is -1.39. The van der Waals surface area contributed by atoms with Crippen molar-refractivity contribution in [2.75, 3.05) is 0 Å². The van der Waals surface area contributed by atoms with Crippen LogP contribution >= 0.6 is 0 Å². The molecule has 0 aromatic heterocycles. The maximum absolute atomic E-state index is 12.7. The van der Waals surface area contributed by atoms with Crippen LogP contribution in [0.3, 0.4) is 0 Å². The van der Waals surface area contributed by atoms with Crippen molar-refractivity contribution in [2.45, 2.75) is 85.8 Å². The van der Waals surface area contributed by atoms with Gasteiger partial charge in [0.2, 0.25) is 0 Å². The maximum atomic E-state index is 12.7. The van der Waals surface area contributed by atoms with Crippen LogP contribution in [0.15, 0.2) is 48.5 Å². The normalized spacial score (nSPS) is 13.9. The zero-order valence-electron chi connectivity index (χ0n) is 24.8. The van der Waals surface area contributed by atoms with Crippen LogP contribution in [0.1, 0.15) is 79.2 Å². The first-order valence-electron chi connectivity index (χ1n) is 13.4. The largest absolute Gasteiger partial charge is 0.514 e. The predicted octanol–water partition coefficient (Wildman–Crippen LogP) is 5.86. The highest BCUT2D eigenvalue weighted by Crippen LogP contribution is 2.36. The van der Waals surface area contributed by atoms with Crippen molar-refractivity contribution in [1.82, 2.24) is 0 Å². The number of carboxylic acid groups (broad SMARTS) is 1. The number of carboxylic acids is 1. The second-order valence-corrected chi connectivity index (χ2v) is 12.4. The van der Waals surface area contributed by atoms with E-state index in [0.29, 0.717) is 11.3 Å². The van der Waals surface area contributed by atoms with Crippen LogP contribution in [-0.4, -0.2) is 41.3 Å². The topological polar surface area (TPSA) is 151 Å². The number of para-hydroxylation sites is 1. The van der Waals surface area contributed by atoms with Gasteiger partial charge in [-0.05, 0) is 54.0 Å². The third-order valence-corrected chi connectivity index (χ3v) is 5.74. The highest BCUT2D eigenvalue weighted by molar-refractivity contribution is 5.78. The number of nitrogens with two attached hydrogens (primary N) is 1. The zero-order chi connectivity index (χ0) is 31.0. The van der Waals surface area contributed by atoms with Gasteiger partial charge in [-0.3, -0.25) is 14.4 Å². The molecular formula is C31H41NO9. The van der Waals surface area contributed by atoms with Crippen LogP contribution in [-0.2, 0) is 19.1 Å². The van der Waals surface area contributed by atoms with E-state index < -0.39 is 42.1 Å². The van der Waals surface area contributed by atoms with Crippen molar-refractivity contribution in [3.63, 3.8) is 0 Å². The van der Waals surface area contributed by atoms with E-state index >= 15 is 0 Å². The van der Waals surface area contributed by atoms with Crippen molar-refractivity contribution in [3.8, 4) is 17.2 Å². The summed E-state index contributed by atoms with van der Waals surface area (Å²) in [6, 6.07) is 11.4. The monoisotopic (exact) mass is 571 g/mol. The van der Waals surface area contributed by atoms with E-state index in [-0.39, 0.29) is 41.6 Å². The number of esters is 2. The lowest BCUT2D eigenvalue weighted by molar-refractivity contribution is -0.139. The summed E-state index contributed by atoms with van der Waals surface area (Å²) in [5, 5.41) is 9.72. The molecule has 0 aliphatic carbocycles. The van der Waals surface area contributed by atoms with Crippen molar-refractivity contribution in [1.29, 1.82) is 0 Å². The molecule has 0 amide bonds. The molecule has 0 aliphatic heterocycles. The lowest BCUT2D eigenvalue weighted by Crippen LogP contribution is -2.38. The molecule has 224 valence electrons. The van der Waals surface area contributed by atoms with E-state index in [0.717, 1.165) is 0 Å². The molecular weight excluding hydrogens is 530 g/mol. The fourth-order valence-corrected chi connectivity index (χ4v) is 3.94. The summed E-state index contributed by atoms with van der Waals surface area (Å²) in [6.45, 7) is 12.9. The zero-order valence-corrected chi connectivity index (χ0v) is 24.8. The number of carbonyl (C=O) groups excluding carboxylic acids is 3. The Balaban J connectivity index is 2.35. The van der Waals surface area contributed by atoms with Gasteiger partial charge in [0.1, 0.15) is 17.9 Å². The van der Waals surface area contributed by atoms with E-state index in [1.165, 1.54) is 12.1 Å². The Morgan fingerprint density at radius 2 is 1.34 bits per heavy atom. The van der Waals surface area contributed by atoms with Gasteiger partial charge in [-0.2, -0.15) is 0 Å². The lowest BCUT2D eigenvalue weighted by atomic mass is 9.87. The molecule has 41 heavy (non-hydrogen) atoms. The van der Waals surface area contributed by atoms with E-state index in [1.54, 1.807) is 43.3 Å². The molecule has 10 heteroatoms. The van der Waals surface area contributed by atoms with Gasteiger partial charge in [0.15, 0.2) is 11.5 Å². The summed E-state index contributed by atoms with van der Waals surface area (Å²) < 4.78 is 21.6. The fraction of sp³-hybridized carbons (Fsp3) is 0.484. The first-order chi connectivity index (χ1) is 18.9. The van der Waals surface area contributed by atoms with E-state index in [4.69, 9.17) is 24.7 Å². The number of rotatable bonds is 11. The predicted molar refractivity (Wildman–Crippen MR) is 152 cm³/mol. The third kappa shape index (κ3) is 12.0. The molecule has 0 fully saturated rings. The highest BCUT2D eigenvalue weighted by atomic mass is 16.7. The SMILES string of the molecule is CC(CC(c1ccc(OC(=O)CC(C)(C)C)c(OC(=O)CC(C)(C)C)c1)[C@H](N)C(=O)O)OC(=O)Oc1ccccc1. The van der Waals surface area contributed by atoms with Gasteiger partial charge in [-0.15, -0.1) is 0 Å². The van der Waals surface area contributed by atoms with Crippen LogP contribution < -0.4 is 19.9 Å². The molecule has 0 bridgehead atoms. The summed E-state index contributed by atoms with van der Waals surface area (Å²) in [4.78, 5) is 49.5. The van der Waals surface area contributed by atoms with E-state index in [1.807, 2.05) is 41.5 Å². The Morgan fingerprint density at radius 1 is 0.805 bits per heavy atom. The molecule has 0 aliphatic rings. The molecule has 10 nitrogen and oxygen atoms in total. The number of carbonyl (C=O) groups is 4. The minimum absolute atomic E-state index is 0.00981. The summed E-state index contributed by atoms with van der Waals surface area (Å²) in [5.74, 6) is -2.95. The Bertz CT molecular complexity index is 1210. The second kappa shape index (κ2) is 14.1. The molecule has 2 rings (SSSR count). The summed E-state index contributed by atoms with van der Waals surface area (Å²) in [7, 11) is 0. The van der Waals surface area contributed by atoms with Crippen LogP contribution in [0.2, 0.25) is 0 Å². The fourth-order valence-electron chi connectivity index (χ4n) is 3.94. The van der Waals surface area contributed by atoms with Gasteiger partial charge in [0.05, 0.1) is 12.8 Å². The molecule has 0 saturated carbocycles. The van der Waals surface area contributed by atoms with Crippen molar-refractivity contribution in [2.24, 2.45) is 16.6 Å². The summed E-state index contributed by atoms with van der Waals surface area (Å²) in [6.07, 6.45) is -1.54. The Labute approximate surface area is 241 Å². The molecule has 0 radical (unpaired) electrons. The number of hydrogen-bond acceptors (Lipinski definition) is 9. The highest BCUT2D eigenvalue weighted by Gasteiger charge is 2.31. The van der Waals surface area contributed by atoms with Gasteiger partial charge in [0.25, 0.3) is 0 Å².